The minimum Gasteiger partial charge on any atom is -0.301 e. The predicted molar refractivity (Wildman–Crippen MR) is 115 cm³/mol. The van der Waals surface area contributed by atoms with Crippen molar-refractivity contribution in [3.05, 3.63) is 68.7 Å². The van der Waals surface area contributed by atoms with Crippen molar-refractivity contribution in [3.63, 3.8) is 0 Å². The number of nitrogens with zero attached hydrogens (tertiary/aromatic N) is 3. The second kappa shape index (κ2) is 8.88. The lowest BCUT2D eigenvalue weighted by molar-refractivity contribution is -0.384. The molecular formula is C18H12BrN5O5S. The number of amides is 3. The maximum absolute atomic E-state index is 12.8. The number of carbonyl (C=O) groups is 3. The van der Waals surface area contributed by atoms with E-state index in [0.29, 0.717) is 5.69 Å². The minimum absolute atomic E-state index is 0.00145. The van der Waals surface area contributed by atoms with Crippen molar-refractivity contribution in [2.24, 2.45) is 11.0 Å². The third kappa shape index (κ3) is 4.55. The van der Waals surface area contributed by atoms with Crippen molar-refractivity contribution in [1.29, 1.82) is 0 Å². The van der Waals surface area contributed by atoms with Crippen molar-refractivity contribution in [2.75, 3.05) is 4.90 Å². The van der Waals surface area contributed by atoms with Gasteiger partial charge in [0.25, 0.3) is 17.5 Å². The molecule has 0 radical (unpaired) electrons. The number of carbonyl (C=O) groups excluding carboxylic acids is 3. The Morgan fingerprint density at radius 3 is 2.63 bits per heavy atom. The highest BCUT2D eigenvalue weighted by Crippen LogP contribution is 2.22. The average molecular weight is 490 g/mol. The Balaban J connectivity index is 1.74. The molecule has 1 atom stereocenters. The first-order chi connectivity index (χ1) is 14.3. The summed E-state index contributed by atoms with van der Waals surface area (Å²) in [7, 11) is 0. The molecule has 1 aliphatic rings. The first kappa shape index (κ1) is 21.2. The van der Waals surface area contributed by atoms with Crippen LogP contribution in [0.5, 0.6) is 0 Å². The van der Waals surface area contributed by atoms with Crippen molar-refractivity contribution in [3.8, 4) is 0 Å². The lowest BCUT2D eigenvalue weighted by Gasteiger charge is -2.30. The Hall–Kier alpha value is -3.51. The Labute approximate surface area is 183 Å². The number of hydrazone groups is 1. The van der Waals surface area contributed by atoms with Crippen molar-refractivity contribution >= 4 is 68.6 Å². The van der Waals surface area contributed by atoms with Gasteiger partial charge in [0.15, 0.2) is 11.0 Å². The Kier molecular flexibility index (Phi) is 6.28. The van der Waals surface area contributed by atoms with Crippen LogP contribution < -0.4 is 15.6 Å². The van der Waals surface area contributed by atoms with Gasteiger partial charge in [0.1, 0.15) is 0 Å². The third-order valence-corrected chi connectivity index (χ3v) is 4.81. The summed E-state index contributed by atoms with van der Waals surface area (Å²) in [6, 6.07) is 11.7. The van der Waals surface area contributed by atoms with Gasteiger partial charge >= 0.3 is 0 Å². The highest BCUT2D eigenvalue weighted by Gasteiger charge is 2.38. The third-order valence-electron chi connectivity index (χ3n) is 4.00. The molecule has 0 bridgehead atoms. The number of benzene rings is 2. The van der Waals surface area contributed by atoms with Crippen LogP contribution in [0.4, 0.5) is 11.4 Å². The van der Waals surface area contributed by atoms with Crippen molar-refractivity contribution < 1.29 is 19.3 Å². The monoisotopic (exact) mass is 489 g/mol. The van der Waals surface area contributed by atoms with Gasteiger partial charge in [-0.15, -0.1) is 0 Å². The van der Waals surface area contributed by atoms with E-state index in [1.54, 1.807) is 24.3 Å². The molecule has 1 aliphatic heterocycles. The molecule has 30 heavy (non-hydrogen) atoms. The topological polar surface area (TPSA) is 134 Å². The van der Waals surface area contributed by atoms with Gasteiger partial charge in [-0.05, 0) is 42.5 Å². The van der Waals surface area contributed by atoms with Gasteiger partial charge < -0.3 is 5.32 Å². The molecule has 2 aromatic carbocycles. The molecule has 3 rings (SSSR count). The zero-order valence-electron chi connectivity index (χ0n) is 14.9. The molecular weight excluding hydrogens is 478 g/mol. The number of halogens is 1. The molecule has 2 N–H and O–H groups in total. The fourth-order valence-electron chi connectivity index (χ4n) is 2.55. The summed E-state index contributed by atoms with van der Waals surface area (Å²) >= 11 is 8.39. The van der Waals surface area contributed by atoms with E-state index in [1.165, 1.54) is 18.2 Å². The number of non-ortho nitro benzene ring substituents is 1. The van der Waals surface area contributed by atoms with E-state index in [4.69, 9.17) is 12.2 Å². The molecule has 0 aromatic heterocycles. The number of nitro groups is 1. The van der Waals surface area contributed by atoms with Gasteiger partial charge in [-0.3, -0.25) is 29.4 Å². The number of nitro benzene ring substituents is 1. The molecule has 0 saturated carbocycles. The highest BCUT2D eigenvalue weighted by molar-refractivity contribution is 9.10. The molecule has 1 heterocycles. The van der Waals surface area contributed by atoms with E-state index >= 15 is 0 Å². The zero-order chi connectivity index (χ0) is 21.8. The lowest BCUT2D eigenvalue weighted by Crippen LogP contribution is -2.58. The standard InChI is InChI=1S/C18H12BrN5O5S/c19-11-4-6-12(7-5-11)23-17(27)14(16(26)21-18(23)30)9-20-22-15(25)10-2-1-3-13(8-10)24(28)29/h1-9,14H,(H,22,25)(H,21,26,30)/b20-9-/t14-/m0/s1. The van der Waals surface area contributed by atoms with Crippen LogP contribution in [-0.4, -0.2) is 34.0 Å². The largest absolute Gasteiger partial charge is 0.301 e. The van der Waals surface area contributed by atoms with Crippen LogP contribution in [0.15, 0.2) is 58.1 Å². The predicted octanol–water partition coefficient (Wildman–Crippen LogP) is 2.14. The first-order valence-corrected chi connectivity index (χ1v) is 9.50. The summed E-state index contributed by atoms with van der Waals surface area (Å²) in [5, 5.41) is 16.8. The average Bonchev–Trinajstić information content (AvgIpc) is 2.71. The van der Waals surface area contributed by atoms with E-state index in [9.17, 15) is 24.5 Å². The van der Waals surface area contributed by atoms with Gasteiger partial charge in [0, 0.05) is 28.4 Å². The number of nitrogens with one attached hydrogen (secondary N) is 2. The van der Waals surface area contributed by atoms with Crippen LogP contribution in [0.2, 0.25) is 0 Å². The molecule has 1 saturated heterocycles. The van der Waals surface area contributed by atoms with Crippen LogP contribution in [0.25, 0.3) is 0 Å². The second-order valence-electron chi connectivity index (χ2n) is 5.95. The van der Waals surface area contributed by atoms with Gasteiger partial charge in [-0.1, -0.05) is 22.0 Å². The summed E-state index contributed by atoms with van der Waals surface area (Å²) < 4.78 is 0.799. The molecule has 10 nitrogen and oxygen atoms in total. The van der Waals surface area contributed by atoms with Crippen LogP contribution in [0.3, 0.4) is 0 Å². The minimum atomic E-state index is -1.33. The SMILES string of the molecule is O=C(N/N=C\[C@H]1C(=O)NC(=S)N(c2ccc(Br)cc2)C1=O)c1cccc([N+](=O)[O-])c1. The quantitative estimate of drug-likeness (QED) is 0.217. The summed E-state index contributed by atoms with van der Waals surface area (Å²) in [4.78, 5) is 48.4. The number of rotatable bonds is 5. The van der Waals surface area contributed by atoms with E-state index in [2.05, 4.69) is 31.8 Å². The van der Waals surface area contributed by atoms with E-state index in [1.807, 2.05) is 0 Å². The molecule has 2 aromatic rings. The Morgan fingerprint density at radius 2 is 1.97 bits per heavy atom. The zero-order valence-corrected chi connectivity index (χ0v) is 17.3. The molecule has 152 valence electrons. The number of hydrogen-bond acceptors (Lipinski definition) is 7. The van der Waals surface area contributed by atoms with Gasteiger partial charge in [-0.2, -0.15) is 5.10 Å². The van der Waals surface area contributed by atoms with Crippen LogP contribution in [-0.2, 0) is 9.59 Å². The van der Waals surface area contributed by atoms with E-state index in [-0.39, 0.29) is 16.4 Å². The molecule has 1 fully saturated rings. The lowest BCUT2D eigenvalue weighted by atomic mass is 10.1. The smallest absolute Gasteiger partial charge is 0.271 e. The second-order valence-corrected chi connectivity index (χ2v) is 7.25. The molecule has 3 amide bonds. The van der Waals surface area contributed by atoms with Crippen LogP contribution >= 0.6 is 28.1 Å². The summed E-state index contributed by atoms with van der Waals surface area (Å²) in [6.07, 6.45) is 0.973. The maximum atomic E-state index is 12.8. The number of hydrogen-bond donors (Lipinski definition) is 2. The van der Waals surface area contributed by atoms with Gasteiger partial charge in [0.2, 0.25) is 5.91 Å². The highest BCUT2D eigenvalue weighted by atomic mass is 79.9. The van der Waals surface area contributed by atoms with Gasteiger partial charge in [-0.25, -0.2) is 5.43 Å². The summed E-state index contributed by atoms with van der Waals surface area (Å²) in [6.45, 7) is 0. The molecule has 0 spiro atoms. The number of anilines is 1. The van der Waals surface area contributed by atoms with E-state index < -0.39 is 28.6 Å². The molecule has 0 aliphatic carbocycles. The molecule has 12 heteroatoms. The fourth-order valence-corrected chi connectivity index (χ4v) is 3.11. The number of thiocarbonyl (C=S) groups is 1. The van der Waals surface area contributed by atoms with Crippen molar-refractivity contribution in [1.82, 2.24) is 10.7 Å². The van der Waals surface area contributed by atoms with Gasteiger partial charge in [0.05, 0.1) is 10.6 Å². The van der Waals surface area contributed by atoms with Crippen LogP contribution in [0, 0.1) is 16.0 Å². The maximum Gasteiger partial charge on any atom is 0.271 e. The first-order valence-electron chi connectivity index (χ1n) is 8.30. The summed E-state index contributed by atoms with van der Waals surface area (Å²) in [5.74, 6) is -3.39. The molecule has 0 unspecified atom stereocenters. The fraction of sp³-hybridized carbons (Fsp3) is 0.0556. The Morgan fingerprint density at radius 1 is 1.27 bits per heavy atom. The normalized spacial score (nSPS) is 16.5. The van der Waals surface area contributed by atoms with E-state index in [0.717, 1.165) is 21.7 Å². The Bertz CT molecular complexity index is 1090. The summed E-state index contributed by atoms with van der Waals surface area (Å²) in [5.41, 5.74) is 2.34. The van der Waals surface area contributed by atoms with Crippen molar-refractivity contribution in [2.45, 2.75) is 0 Å². The van der Waals surface area contributed by atoms with Crippen LogP contribution in [0.1, 0.15) is 10.4 Å².